The van der Waals surface area contributed by atoms with Gasteiger partial charge >= 0.3 is 0 Å². The van der Waals surface area contributed by atoms with E-state index in [0.717, 1.165) is 0 Å². The molecule has 1 heterocycles. The monoisotopic (exact) mass is 209 g/mol. The number of aromatic nitrogens is 2. The molecule has 0 N–H and O–H groups in total. The molecule has 40 valence electrons. The molecular formula is C4H6IN2-. The van der Waals surface area contributed by atoms with Crippen molar-refractivity contribution in [2.75, 3.05) is 0 Å². The third-order valence-electron chi connectivity index (χ3n) is 0.637. The highest BCUT2D eigenvalue weighted by Gasteiger charge is 1.69. The van der Waals surface area contributed by atoms with E-state index >= 15 is 0 Å². The van der Waals surface area contributed by atoms with E-state index in [4.69, 9.17) is 0 Å². The summed E-state index contributed by atoms with van der Waals surface area (Å²) in [6.45, 7) is 0. The first kappa shape index (κ1) is 6.94. The molecule has 0 unspecified atom stereocenters. The summed E-state index contributed by atoms with van der Waals surface area (Å²) in [4.78, 5) is 3.78. The molecule has 0 bridgehead atoms. The van der Waals surface area contributed by atoms with Crippen LogP contribution in [0.2, 0.25) is 0 Å². The summed E-state index contributed by atoms with van der Waals surface area (Å²) in [6.07, 6.45) is 5.39. The largest absolute Gasteiger partial charge is 1.00 e. The molecule has 2 nitrogen and oxygen atoms in total. The lowest BCUT2D eigenvalue weighted by molar-refractivity contribution is -0.00000139. The number of hydrogen-bond donors (Lipinski definition) is 0. The highest BCUT2D eigenvalue weighted by molar-refractivity contribution is 4.70. The van der Waals surface area contributed by atoms with Crippen molar-refractivity contribution in [1.29, 1.82) is 0 Å². The van der Waals surface area contributed by atoms with Crippen molar-refractivity contribution in [3.8, 4) is 0 Å². The van der Waals surface area contributed by atoms with Gasteiger partial charge in [0.05, 0.1) is 6.33 Å². The van der Waals surface area contributed by atoms with Crippen molar-refractivity contribution in [3.05, 3.63) is 18.7 Å². The van der Waals surface area contributed by atoms with Crippen LogP contribution < -0.4 is 24.0 Å². The Hall–Kier alpha value is -0.0600. The van der Waals surface area contributed by atoms with Gasteiger partial charge in [0.2, 0.25) is 0 Å². The zero-order chi connectivity index (χ0) is 4.41. The molecule has 0 saturated carbocycles. The molecule has 0 amide bonds. The molecule has 0 spiro atoms. The molecule has 0 atom stereocenters. The van der Waals surface area contributed by atoms with Crippen LogP contribution in [0, 0.1) is 0 Å². The fourth-order valence-electron chi connectivity index (χ4n) is 0.326. The van der Waals surface area contributed by atoms with Crippen LogP contribution in [0.25, 0.3) is 0 Å². The second kappa shape index (κ2) is 3.01. The maximum absolute atomic E-state index is 3.78. The normalized spacial score (nSPS) is 7.57. The minimum Gasteiger partial charge on any atom is -1.00 e. The molecule has 0 radical (unpaired) electrons. The van der Waals surface area contributed by atoms with E-state index in [9.17, 15) is 0 Å². The van der Waals surface area contributed by atoms with Gasteiger partial charge in [-0.25, -0.2) is 4.98 Å². The summed E-state index contributed by atoms with van der Waals surface area (Å²) < 4.78 is 1.89. The fraction of sp³-hybridized carbons (Fsp3) is 0.250. The van der Waals surface area contributed by atoms with Crippen LogP contribution in [-0.4, -0.2) is 9.55 Å². The number of hydrogen-bond acceptors (Lipinski definition) is 1. The molecule has 1 aromatic rings. The Labute approximate surface area is 59.6 Å². The van der Waals surface area contributed by atoms with Gasteiger partial charge in [-0.1, -0.05) is 0 Å². The summed E-state index contributed by atoms with van der Waals surface area (Å²) in [6, 6.07) is 0. The Morgan fingerprint density at radius 3 is 2.43 bits per heavy atom. The Morgan fingerprint density at radius 1 is 1.57 bits per heavy atom. The van der Waals surface area contributed by atoms with Crippen molar-refractivity contribution in [2.24, 2.45) is 7.05 Å². The lowest BCUT2D eigenvalue weighted by atomic mass is 10.9. The van der Waals surface area contributed by atoms with Crippen LogP contribution in [0.5, 0.6) is 0 Å². The summed E-state index contributed by atoms with van der Waals surface area (Å²) in [5.41, 5.74) is 0. The molecule has 3 heteroatoms. The van der Waals surface area contributed by atoms with E-state index in [-0.39, 0.29) is 24.0 Å². The predicted molar refractivity (Wildman–Crippen MR) is 23.2 cm³/mol. The van der Waals surface area contributed by atoms with Crippen molar-refractivity contribution >= 4 is 0 Å². The van der Waals surface area contributed by atoms with E-state index < -0.39 is 0 Å². The van der Waals surface area contributed by atoms with Gasteiger partial charge in [0.1, 0.15) is 0 Å². The Kier molecular flexibility index (Phi) is 2.98. The van der Waals surface area contributed by atoms with Crippen molar-refractivity contribution in [2.45, 2.75) is 0 Å². The lowest BCUT2D eigenvalue weighted by Crippen LogP contribution is -3.00. The van der Waals surface area contributed by atoms with Crippen molar-refractivity contribution in [1.82, 2.24) is 9.55 Å². The van der Waals surface area contributed by atoms with Crippen LogP contribution >= 0.6 is 0 Å². The van der Waals surface area contributed by atoms with E-state index in [0.29, 0.717) is 0 Å². The van der Waals surface area contributed by atoms with Gasteiger partial charge in [-0.2, -0.15) is 0 Å². The summed E-state index contributed by atoms with van der Waals surface area (Å²) in [5, 5.41) is 0. The average Bonchev–Trinajstić information content (AvgIpc) is 1.86. The quantitative estimate of drug-likeness (QED) is 0.429. The smallest absolute Gasteiger partial charge is 0.0943 e. The van der Waals surface area contributed by atoms with Crippen LogP contribution in [-0.2, 0) is 7.05 Å². The third kappa shape index (κ3) is 1.91. The van der Waals surface area contributed by atoms with E-state index in [1.807, 2.05) is 17.8 Å². The molecule has 1 rings (SSSR count). The number of aryl methyl sites for hydroxylation is 1. The number of imidazole rings is 1. The number of rotatable bonds is 0. The summed E-state index contributed by atoms with van der Waals surface area (Å²) in [5.74, 6) is 0. The van der Waals surface area contributed by atoms with Gasteiger partial charge in [0, 0.05) is 19.4 Å². The zero-order valence-corrected chi connectivity index (χ0v) is 6.16. The lowest BCUT2D eigenvalue weighted by Gasteiger charge is -1.76. The molecule has 0 aromatic carbocycles. The fourth-order valence-corrected chi connectivity index (χ4v) is 0.326. The summed E-state index contributed by atoms with van der Waals surface area (Å²) >= 11 is 0. The third-order valence-corrected chi connectivity index (χ3v) is 0.637. The van der Waals surface area contributed by atoms with E-state index in [1.165, 1.54) is 0 Å². The minimum absolute atomic E-state index is 0. The highest BCUT2D eigenvalue weighted by Crippen LogP contribution is 1.73. The van der Waals surface area contributed by atoms with Crippen molar-refractivity contribution in [3.63, 3.8) is 0 Å². The van der Waals surface area contributed by atoms with Crippen LogP contribution in [0.1, 0.15) is 0 Å². The van der Waals surface area contributed by atoms with E-state index in [1.54, 1.807) is 12.5 Å². The van der Waals surface area contributed by atoms with E-state index in [2.05, 4.69) is 4.98 Å². The van der Waals surface area contributed by atoms with Crippen LogP contribution in [0.4, 0.5) is 0 Å². The van der Waals surface area contributed by atoms with Gasteiger partial charge < -0.3 is 28.5 Å². The second-order valence-corrected chi connectivity index (χ2v) is 1.23. The topological polar surface area (TPSA) is 17.8 Å². The Morgan fingerprint density at radius 2 is 2.29 bits per heavy atom. The van der Waals surface area contributed by atoms with Gasteiger partial charge in [-0.05, 0) is 0 Å². The second-order valence-electron chi connectivity index (χ2n) is 1.23. The SMILES string of the molecule is Cn1ccnc1.[I-]. The van der Waals surface area contributed by atoms with Gasteiger partial charge in [0.25, 0.3) is 0 Å². The molecule has 7 heavy (non-hydrogen) atoms. The summed E-state index contributed by atoms with van der Waals surface area (Å²) in [7, 11) is 1.94. The molecule has 0 aliphatic rings. The molecule has 1 aromatic heterocycles. The molecule has 0 aliphatic heterocycles. The van der Waals surface area contributed by atoms with Gasteiger partial charge in [0.15, 0.2) is 0 Å². The van der Waals surface area contributed by atoms with Crippen LogP contribution in [0.15, 0.2) is 18.7 Å². The van der Waals surface area contributed by atoms with Gasteiger partial charge in [-0.15, -0.1) is 0 Å². The highest BCUT2D eigenvalue weighted by atomic mass is 127. The first-order valence-electron chi connectivity index (χ1n) is 1.81. The first-order valence-corrected chi connectivity index (χ1v) is 1.81. The van der Waals surface area contributed by atoms with Crippen LogP contribution in [0.3, 0.4) is 0 Å². The van der Waals surface area contributed by atoms with Crippen molar-refractivity contribution < 1.29 is 24.0 Å². The minimum atomic E-state index is 0. The molecule has 0 fully saturated rings. The average molecular weight is 209 g/mol. The Bertz CT molecular complexity index is 113. The number of halogens is 1. The molecule has 0 saturated heterocycles. The maximum Gasteiger partial charge on any atom is 0.0943 e. The Balaban J connectivity index is 0.000000360. The molecular weight excluding hydrogens is 203 g/mol. The predicted octanol–water partition coefficient (Wildman–Crippen LogP) is -2.58. The first-order chi connectivity index (χ1) is 2.89. The number of nitrogens with zero attached hydrogens (tertiary/aromatic N) is 2. The zero-order valence-electron chi connectivity index (χ0n) is 4.00. The standard InChI is InChI=1S/C4H6N2.HI/c1-6-3-2-5-4-6;/h2-4H,1H3;1H/p-1. The maximum atomic E-state index is 3.78. The van der Waals surface area contributed by atoms with Gasteiger partial charge in [-0.3, -0.25) is 0 Å². The molecule has 0 aliphatic carbocycles.